The Hall–Kier alpha value is -2.06. The molecule has 14 heteroatoms. The smallest absolute Gasteiger partial charge is 0.400 e. The number of amides is 2. The van der Waals surface area contributed by atoms with Crippen molar-refractivity contribution < 1.29 is 34.8 Å². The first kappa shape index (κ1) is 22.0. The average Bonchev–Trinajstić information content (AvgIpc) is 2.41. The number of rotatable bonds is 6. The number of hydrogen-bond donors (Lipinski definition) is 3. The number of halogens is 3. The normalized spacial score (nSPS) is 13.2. The quantitative estimate of drug-likeness (QED) is 0.587. The predicted molar refractivity (Wildman–Crippen MR) is 88.2 cm³/mol. The summed E-state index contributed by atoms with van der Waals surface area (Å²) in [4.78, 5) is 10.9. The predicted octanol–water partition coefficient (Wildman–Crippen LogP) is 0.884. The van der Waals surface area contributed by atoms with E-state index in [1.165, 1.54) is 19.1 Å². The highest BCUT2D eigenvalue weighted by Crippen LogP contribution is 2.40. The molecule has 9 nitrogen and oxygen atoms in total. The zero-order chi connectivity index (χ0) is 20.3. The summed E-state index contributed by atoms with van der Waals surface area (Å²) in [6.07, 6.45) is -3.18. The largest absolute Gasteiger partial charge is 0.420 e. The van der Waals surface area contributed by atoms with Gasteiger partial charge in [0.15, 0.2) is 15.6 Å². The number of sulfone groups is 1. The summed E-state index contributed by atoms with van der Waals surface area (Å²) >= 11 is -2.12. The van der Waals surface area contributed by atoms with Crippen molar-refractivity contribution in [2.75, 3.05) is 32.0 Å². The molecular weight excluding hydrogens is 401 g/mol. The summed E-state index contributed by atoms with van der Waals surface area (Å²) in [7, 11) is -1.04. The maximum atomic E-state index is 13.2. The van der Waals surface area contributed by atoms with Gasteiger partial charge in [0.05, 0.1) is 10.6 Å². The van der Waals surface area contributed by atoms with Crippen LogP contribution >= 0.6 is 0 Å². The van der Waals surface area contributed by atoms with Gasteiger partial charge in [-0.2, -0.15) is 13.2 Å². The van der Waals surface area contributed by atoms with Crippen LogP contribution in [0.5, 0.6) is 5.75 Å². The van der Waals surface area contributed by atoms with E-state index in [4.69, 9.17) is 0 Å². The van der Waals surface area contributed by atoms with Crippen LogP contribution in [0.2, 0.25) is 0 Å². The minimum absolute atomic E-state index is 0.439. The molecule has 1 aromatic carbocycles. The number of carbonyl (C=O) groups excluding carboxylic acids is 1. The van der Waals surface area contributed by atoms with E-state index in [2.05, 4.69) is 15.0 Å². The number of nitrogens with one attached hydrogen (secondary N) is 3. The Balaban J connectivity index is 3.42. The molecule has 0 saturated heterocycles. The molecule has 148 valence electrons. The molecule has 0 heterocycles. The molecule has 0 saturated carbocycles. The van der Waals surface area contributed by atoms with Crippen LogP contribution in [0.3, 0.4) is 0 Å². The maximum absolute atomic E-state index is 13.2. The Bertz CT molecular complexity index is 812. The molecule has 0 radical (unpaired) electrons. The van der Waals surface area contributed by atoms with Crippen molar-refractivity contribution in [2.24, 2.45) is 0 Å². The molecule has 0 aliphatic heterocycles. The number of carbonyl (C=O) groups is 1. The number of anilines is 1. The summed E-state index contributed by atoms with van der Waals surface area (Å²) < 4.78 is 79.2. The van der Waals surface area contributed by atoms with Gasteiger partial charge < -0.3 is 4.18 Å². The Morgan fingerprint density at radius 3 is 2.27 bits per heavy atom. The SMILES string of the molecule is CN(C)NC(=O)NNc1cc(C(F)(F)F)c(OS(C)=O)cc1S(C)(=O)=O. The lowest BCUT2D eigenvalue weighted by Crippen LogP contribution is -2.45. The van der Waals surface area contributed by atoms with Crippen LogP contribution in [0.25, 0.3) is 0 Å². The first-order valence-electron chi connectivity index (χ1n) is 6.69. The van der Waals surface area contributed by atoms with Gasteiger partial charge in [-0.1, -0.05) is 0 Å². The minimum Gasteiger partial charge on any atom is -0.400 e. The number of nitrogens with zero attached hydrogens (tertiary/aromatic N) is 1. The summed E-state index contributed by atoms with van der Waals surface area (Å²) in [5, 5.41) is 1.25. The van der Waals surface area contributed by atoms with Crippen molar-refractivity contribution in [1.82, 2.24) is 15.9 Å². The first-order chi connectivity index (χ1) is 11.7. The zero-order valence-corrected chi connectivity index (χ0v) is 15.7. The van der Waals surface area contributed by atoms with Gasteiger partial charge in [0.1, 0.15) is 5.56 Å². The fourth-order valence-electron chi connectivity index (χ4n) is 1.74. The number of hydrazine groups is 2. The van der Waals surface area contributed by atoms with Crippen molar-refractivity contribution >= 4 is 32.6 Å². The van der Waals surface area contributed by atoms with Gasteiger partial charge >= 0.3 is 12.2 Å². The minimum atomic E-state index is -4.92. The van der Waals surface area contributed by atoms with Gasteiger partial charge in [0, 0.05) is 32.7 Å². The highest BCUT2D eigenvalue weighted by atomic mass is 32.2. The Morgan fingerprint density at radius 2 is 1.85 bits per heavy atom. The molecule has 2 amide bonds. The van der Waals surface area contributed by atoms with Gasteiger partial charge in [-0.3, -0.25) is 16.3 Å². The van der Waals surface area contributed by atoms with Crippen molar-refractivity contribution in [3.05, 3.63) is 17.7 Å². The molecule has 26 heavy (non-hydrogen) atoms. The second-order valence-electron chi connectivity index (χ2n) is 5.18. The van der Waals surface area contributed by atoms with Crippen molar-refractivity contribution in [3.8, 4) is 5.75 Å². The lowest BCUT2D eigenvalue weighted by Gasteiger charge is -2.19. The third-order valence-electron chi connectivity index (χ3n) is 2.63. The average molecular weight is 418 g/mol. The molecular formula is C12H17F3N4O5S2. The van der Waals surface area contributed by atoms with E-state index in [1.807, 2.05) is 5.43 Å². The van der Waals surface area contributed by atoms with Gasteiger partial charge in [-0.25, -0.2) is 22.4 Å². The number of urea groups is 1. The summed E-state index contributed by atoms with van der Waals surface area (Å²) in [6.45, 7) is 0. The van der Waals surface area contributed by atoms with Crippen LogP contribution in [0.4, 0.5) is 23.7 Å². The van der Waals surface area contributed by atoms with E-state index >= 15 is 0 Å². The molecule has 0 bridgehead atoms. The molecule has 3 N–H and O–H groups in total. The standard InChI is InChI=1S/C12H17F3N4O5S2/c1-19(2)18-11(20)17-16-8-5-7(12(13,14)15)9(24-25(3)21)6-10(8)26(4,22)23/h5-6,16H,1-4H3,(H2,17,18,20). The lowest BCUT2D eigenvalue weighted by atomic mass is 10.1. The third kappa shape index (κ3) is 6.34. The maximum Gasteiger partial charge on any atom is 0.420 e. The number of hydrogen-bond acceptors (Lipinski definition) is 7. The second kappa shape index (κ2) is 8.09. The van der Waals surface area contributed by atoms with Crippen LogP contribution in [0.15, 0.2) is 17.0 Å². The number of alkyl halides is 3. The Labute approximate surface area is 150 Å². The molecule has 1 atom stereocenters. The highest BCUT2D eigenvalue weighted by Gasteiger charge is 2.37. The van der Waals surface area contributed by atoms with Crippen LogP contribution < -0.4 is 20.5 Å². The van der Waals surface area contributed by atoms with E-state index in [0.717, 1.165) is 12.5 Å². The lowest BCUT2D eigenvalue weighted by molar-refractivity contribution is -0.138. The molecule has 0 aliphatic carbocycles. The molecule has 0 aromatic heterocycles. The fourth-order valence-corrected chi connectivity index (χ4v) is 2.96. The van der Waals surface area contributed by atoms with Crippen LogP contribution in [0, 0.1) is 0 Å². The Morgan fingerprint density at radius 1 is 1.27 bits per heavy atom. The summed E-state index contributed by atoms with van der Waals surface area (Å²) in [6, 6.07) is 0.181. The molecule has 0 fully saturated rings. The second-order valence-corrected chi connectivity index (χ2v) is 8.14. The fraction of sp³-hybridized carbons (Fsp3) is 0.417. The molecule has 0 spiro atoms. The Kier molecular flexibility index (Phi) is 6.84. The molecule has 0 aliphatic rings. The third-order valence-corrected chi connectivity index (χ3v) is 4.18. The van der Waals surface area contributed by atoms with E-state index in [1.54, 1.807) is 0 Å². The highest BCUT2D eigenvalue weighted by molar-refractivity contribution is 7.90. The molecule has 1 aromatic rings. The monoisotopic (exact) mass is 418 g/mol. The van der Waals surface area contributed by atoms with Gasteiger partial charge in [-0.15, -0.1) is 0 Å². The summed E-state index contributed by atoms with van der Waals surface area (Å²) in [5.41, 5.74) is 4.46. The molecule has 1 rings (SSSR count). The van der Waals surface area contributed by atoms with E-state index in [9.17, 15) is 30.6 Å². The topological polar surface area (TPSA) is 117 Å². The van der Waals surface area contributed by atoms with Crippen LogP contribution in [-0.4, -0.2) is 50.3 Å². The van der Waals surface area contributed by atoms with Crippen molar-refractivity contribution in [1.29, 1.82) is 0 Å². The van der Waals surface area contributed by atoms with Crippen LogP contribution in [-0.2, 0) is 27.1 Å². The van der Waals surface area contributed by atoms with Gasteiger partial charge in [0.2, 0.25) is 11.1 Å². The van der Waals surface area contributed by atoms with Crippen molar-refractivity contribution in [2.45, 2.75) is 11.1 Å². The van der Waals surface area contributed by atoms with E-state index < -0.39 is 55.0 Å². The number of benzene rings is 1. The van der Waals surface area contributed by atoms with Crippen molar-refractivity contribution in [3.63, 3.8) is 0 Å². The van der Waals surface area contributed by atoms with Gasteiger partial charge in [-0.05, 0) is 6.07 Å². The van der Waals surface area contributed by atoms with Crippen LogP contribution in [0.1, 0.15) is 5.56 Å². The molecule has 1 unspecified atom stereocenters. The zero-order valence-electron chi connectivity index (χ0n) is 14.1. The van der Waals surface area contributed by atoms with E-state index in [-0.39, 0.29) is 0 Å². The summed E-state index contributed by atoms with van der Waals surface area (Å²) in [5.74, 6) is -0.915. The van der Waals surface area contributed by atoms with E-state index in [0.29, 0.717) is 12.1 Å². The van der Waals surface area contributed by atoms with Gasteiger partial charge in [0.25, 0.3) is 0 Å². The first-order valence-corrected chi connectivity index (χ1v) is 10.1.